The summed E-state index contributed by atoms with van der Waals surface area (Å²) in [5.41, 5.74) is 0.415. The van der Waals surface area contributed by atoms with Crippen molar-refractivity contribution in [3.8, 4) is 0 Å². The maximum Gasteiger partial charge on any atom is 0.175 e. The molecule has 0 N–H and O–H groups in total. The van der Waals surface area contributed by atoms with Gasteiger partial charge in [0.25, 0.3) is 0 Å². The van der Waals surface area contributed by atoms with Crippen LogP contribution in [0.4, 0.5) is 0 Å². The van der Waals surface area contributed by atoms with Crippen molar-refractivity contribution in [2.45, 2.75) is 41.9 Å². The minimum Gasteiger partial charge on any atom is -0.224 e. The summed E-state index contributed by atoms with van der Waals surface area (Å²) in [6, 6.07) is 7.26. The van der Waals surface area contributed by atoms with E-state index in [0.29, 0.717) is 10.3 Å². The molecule has 1 saturated carbocycles. The lowest BCUT2D eigenvalue weighted by molar-refractivity contribution is 0.260. The molecule has 5 heteroatoms. The minimum absolute atomic E-state index is 0.398. The predicted molar refractivity (Wildman–Crippen MR) is 89.6 cm³/mol. The van der Waals surface area contributed by atoms with Crippen molar-refractivity contribution in [3.63, 3.8) is 0 Å². The molecule has 0 atom stereocenters. The first-order chi connectivity index (χ1) is 9.45. The Hall–Kier alpha value is -0.000000000000000111. The van der Waals surface area contributed by atoms with Crippen LogP contribution in [0.2, 0.25) is 0 Å². The van der Waals surface area contributed by atoms with Crippen LogP contribution >= 0.6 is 27.7 Å². The van der Waals surface area contributed by atoms with Gasteiger partial charge in [0, 0.05) is 22.2 Å². The normalized spacial score (nSPS) is 18.9. The molecule has 20 heavy (non-hydrogen) atoms. The molecule has 1 aliphatic rings. The lowest BCUT2D eigenvalue weighted by atomic mass is 9.77. The highest BCUT2D eigenvalue weighted by atomic mass is 79.9. The van der Waals surface area contributed by atoms with Crippen LogP contribution in [0.1, 0.15) is 32.1 Å². The maximum absolute atomic E-state index is 11.4. The number of hydrogen-bond acceptors (Lipinski definition) is 3. The Morgan fingerprint density at radius 1 is 1.15 bits per heavy atom. The first-order valence-electron chi connectivity index (χ1n) is 6.94. The number of sulfone groups is 1. The van der Waals surface area contributed by atoms with E-state index < -0.39 is 9.84 Å². The second-order valence-corrected chi connectivity index (χ2v) is 9.35. The summed E-state index contributed by atoms with van der Waals surface area (Å²) in [5.74, 6) is 1.11. The predicted octanol–water partition coefficient (Wildman–Crippen LogP) is 4.53. The standard InChI is InChI=1S/C15H21BrO2S2/c1-20(17,18)14-7-5-13(6-8-14)19-12-15(11-16)9-3-2-4-10-15/h5-8H,2-4,9-12H2,1H3. The number of alkyl halides is 1. The highest BCUT2D eigenvalue weighted by Gasteiger charge is 2.30. The minimum atomic E-state index is -3.09. The molecule has 1 aromatic carbocycles. The van der Waals surface area contributed by atoms with Crippen molar-refractivity contribution >= 4 is 37.5 Å². The smallest absolute Gasteiger partial charge is 0.175 e. The molecule has 0 amide bonds. The van der Waals surface area contributed by atoms with Crippen LogP contribution in [0.3, 0.4) is 0 Å². The maximum atomic E-state index is 11.4. The average molecular weight is 377 g/mol. The number of halogens is 1. The number of rotatable bonds is 5. The van der Waals surface area contributed by atoms with Gasteiger partial charge in [-0.05, 0) is 42.5 Å². The second-order valence-electron chi connectivity index (χ2n) is 5.73. The van der Waals surface area contributed by atoms with E-state index in [-0.39, 0.29) is 0 Å². The number of thioether (sulfide) groups is 1. The topological polar surface area (TPSA) is 34.1 Å². The zero-order chi connectivity index (χ0) is 14.6. The van der Waals surface area contributed by atoms with Crippen LogP contribution in [-0.2, 0) is 9.84 Å². The summed E-state index contributed by atoms with van der Waals surface area (Å²) in [5, 5.41) is 1.06. The Labute approximate surface area is 134 Å². The van der Waals surface area contributed by atoms with E-state index in [9.17, 15) is 8.42 Å². The molecule has 0 spiro atoms. The van der Waals surface area contributed by atoms with E-state index >= 15 is 0 Å². The molecule has 1 aromatic rings. The van der Waals surface area contributed by atoms with Crippen molar-refractivity contribution in [1.82, 2.24) is 0 Å². The quantitative estimate of drug-likeness (QED) is 0.559. The van der Waals surface area contributed by atoms with E-state index in [0.717, 1.165) is 16.0 Å². The molecule has 0 unspecified atom stereocenters. The summed E-state index contributed by atoms with van der Waals surface area (Å²) in [7, 11) is -3.09. The fraction of sp³-hybridized carbons (Fsp3) is 0.600. The van der Waals surface area contributed by atoms with E-state index in [4.69, 9.17) is 0 Å². The monoisotopic (exact) mass is 376 g/mol. The molecule has 0 bridgehead atoms. The van der Waals surface area contributed by atoms with Crippen LogP contribution in [0.25, 0.3) is 0 Å². The third-order valence-electron chi connectivity index (χ3n) is 3.99. The van der Waals surface area contributed by atoms with Crippen LogP contribution in [-0.4, -0.2) is 25.8 Å². The Balaban J connectivity index is 2.00. The average Bonchev–Trinajstić information content (AvgIpc) is 2.46. The van der Waals surface area contributed by atoms with Crippen molar-refractivity contribution < 1.29 is 8.42 Å². The van der Waals surface area contributed by atoms with Gasteiger partial charge < -0.3 is 0 Å². The van der Waals surface area contributed by atoms with Crippen LogP contribution in [0.15, 0.2) is 34.1 Å². The third-order valence-corrected chi connectivity index (χ3v) is 7.67. The van der Waals surface area contributed by atoms with Gasteiger partial charge in [-0.2, -0.15) is 0 Å². The zero-order valence-electron chi connectivity index (χ0n) is 11.8. The second kappa shape index (κ2) is 6.84. The molecule has 1 fully saturated rings. The van der Waals surface area contributed by atoms with Crippen LogP contribution < -0.4 is 0 Å². The summed E-state index contributed by atoms with van der Waals surface area (Å²) >= 11 is 5.53. The van der Waals surface area contributed by atoms with Gasteiger partial charge in [0.2, 0.25) is 0 Å². The SMILES string of the molecule is CS(=O)(=O)c1ccc(SCC2(CBr)CCCCC2)cc1. The van der Waals surface area contributed by atoms with E-state index in [1.165, 1.54) is 38.4 Å². The molecular formula is C15H21BrO2S2. The molecule has 0 aromatic heterocycles. The summed E-state index contributed by atoms with van der Waals surface area (Å²) in [6.45, 7) is 0. The molecule has 2 nitrogen and oxygen atoms in total. The van der Waals surface area contributed by atoms with Crippen LogP contribution in [0, 0.1) is 5.41 Å². The lowest BCUT2D eigenvalue weighted by Gasteiger charge is -2.35. The van der Waals surface area contributed by atoms with Gasteiger partial charge in [-0.25, -0.2) is 8.42 Å². The first kappa shape index (κ1) is 16.4. The highest BCUT2D eigenvalue weighted by molar-refractivity contribution is 9.09. The molecule has 0 aliphatic heterocycles. The molecule has 0 radical (unpaired) electrons. The Morgan fingerprint density at radius 3 is 2.25 bits per heavy atom. The first-order valence-corrected chi connectivity index (χ1v) is 10.9. The molecule has 112 valence electrons. The van der Waals surface area contributed by atoms with Gasteiger partial charge in [-0.3, -0.25) is 0 Å². The number of benzene rings is 1. The van der Waals surface area contributed by atoms with Gasteiger partial charge in [0.15, 0.2) is 9.84 Å². The molecular weight excluding hydrogens is 356 g/mol. The van der Waals surface area contributed by atoms with Crippen molar-refractivity contribution in [1.29, 1.82) is 0 Å². The van der Waals surface area contributed by atoms with Gasteiger partial charge in [0.05, 0.1) is 4.90 Å². The van der Waals surface area contributed by atoms with Gasteiger partial charge >= 0.3 is 0 Å². The van der Waals surface area contributed by atoms with E-state index in [1.54, 1.807) is 12.1 Å². The van der Waals surface area contributed by atoms with Crippen molar-refractivity contribution in [2.24, 2.45) is 5.41 Å². The van der Waals surface area contributed by atoms with E-state index in [1.807, 2.05) is 23.9 Å². The van der Waals surface area contributed by atoms with Gasteiger partial charge in [-0.1, -0.05) is 35.2 Å². The Morgan fingerprint density at radius 2 is 1.75 bits per heavy atom. The lowest BCUT2D eigenvalue weighted by Crippen LogP contribution is -2.28. The van der Waals surface area contributed by atoms with E-state index in [2.05, 4.69) is 15.9 Å². The third kappa shape index (κ3) is 4.25. The largest absolute Gasteiger partial charge is 0.224 e. The zero-order valence-corrected chi connectivity index (χ0v) is 15.0. The van der Waals surface area contributed by atoms with Crippen molar-refractivity contribution in [2.75, 3.05) is 17.3 Å². The summed E-state index contributed by atoms with van der Waals surface area (Å²) < 4.78 is 22.9. The molecule has 2 rings (SSSR count). The highest BCUT2D eigenvalue weighted by Crippen LogP contribution is 2.42. The molecule has 1 aliphatic carbocycles. The summed E-state index contributed by atoms with van der Waals surface area (Å²) in [6.07, 6.45) is 7.87. The number of hydrogen-bond donors (Lipinski definition) is 0. The summed E-state index contributed by atoms with van der Waals surface area (Å²) in [4.78, 5) is 1.55. The Kier molecular flexibility index (Phi) is 5.60. The molecule has 0 saturated heterocycles. The fourth-order valence-corrected chi connectivity index (χ4v) is 5.48. The van der Waals surface area contributed by atoms with Crippen molar-refractivity contribution in [3.05, 3.63) is 24.3 Å². The van der Waals surface area contributed by atoms with Gasteiger partial charge in [-0.15, -0.1) is 11.8 Å². The fourth-order valence-electron chi connectivity index (χ4n) is 2.64. The van der Waals surface area contributed by atoms with Crippen LogP contribution in [0.5, 0.6) is 0 Å². The molecule has 0 heterocycles. The Bertz CT molecular complexity index is 531. The van der Waals surface area contributed by atoms with Gasteiger partial charge in [0.1, 0.15) is 0 Å².